The van der Waals surface area contributed by atoms with E-state index in [0.29, 0.717) is 18.4 Å². The molecular weight excluding hydrogens is 254 g/mol. The van der Waals surface area contributed by atoms with E-state index in [-0.39, 0.29) is 12.4 Å². The van der Waals surface area contributed by atoms with E-state index in [1.807, 2.05) is 12.1 Å². The highest BCUT2D eigenvalue weighted by Crippen LogP contribution is 2.32. The number of aliphatic hydroxyl groups excluding tert-OH is 1. The molecule has 1 fully saturated rings. The minimum atomic E-state index is -0.787. The van der Waals surface area contributed by atoms with Crippen LogP contribution in [0.1, 0.15) is 42.1 Å². The Balaban J connectivity index is 2.00. The van der Waals surface area contributed by atoms with Gasteiger partial charge in [-0.05, 0) is 31.7 Å². The average Bonchev–Trinajstić information content (AvgIpc) is 2.47. The molecule has 1 aliphatic rings. The average molecular weight is 277 g/mol. The first-order valence-electron chi connectivity index (χ1n) is 7.22. The number of hydrogen-bond donors (Lipinski definition) is 2. The summed E-state index contributed by atoms with van der Waals surface area (Å²) in [6.45, 7) is 4.32. The van der Waals surface area contributed by atoms with Crippen LogP contribution in [0.4, 0.5) is 0 Å². The molecule has 1 saturated heterocycles. The largest absolute Gasteiger partial charge is 0.396 e. The van der Waals surface area contributed by atoms with Gasteiger partial charge in [-0.1, -0.05) is 24.3 Å². The topological polar surface area (TPSA) is 60.8 Å². The number of piperidine rings is 1. The molecule has 2 rings (SSSR count). The Kier molecular flexibility index (Phi) is 4.91. The standard InChI is InChI=1S/C16H23NO3/c1-13(19)14-3-5-15(6-4-14)16(20)7-10-17(11-8-16)9-2-12-18/h3-6,18,20H,2,7-12H2,1H3. The van der Waals surface area contributed by atoms with Gasteiger partial charge in [0.25, 0.3) is 0 Å². The van der Waals surface area contributed by atoms with Gasteiger partial charge in [-0.3, -0.25) is 4.79 Å². The normalized spacial score (nSPS) is 18.9. The number of carbonyl (C=O) groups excluding carboxylic acids is 1. The summed E-state index contributed by atoms with van der Waals surface area (Å²) in [4.78, 5) is 13.5. The highest BCUT2D eigenvalue weighted by Gasteiger charge is 2.33. The van der Waals surface area contributed by atoms with Crippen LogP contribution in [0.5, 0.6) is 0 Å². The lowest BCUT2D eigenvalue weighted by molar-refractivity contribution is -0.0266. The monoisotopic (exact) mass is 277 g/mol. The van der Waals surface area contributed by atoms with Crippen LogP contribution in [-0.2, 0) is 5.60 Å². The molecule has 1 aromatic carbocycles. The lowest BCUT2D eigenvalue weighted by atomic mass is 9.84. The SMILES string of the molecule is CC(=O)c1ccc(C2(O)CCN(CCCO)CC2)cc1. The van der Waals surface area contributed by atoms with Crippen LogP contribution < -0.4 is 0 Å². The van der Waals surface area contributed by atoms with Crippen molar-refractivity contribution in [3.63, 3.8) is 0 Å². The van der Waals surface area contributed by atoms with Crippen molar-refractivity contribution in [3.8, 4) is 0 Å². The Morgan fingerprint density at radius 1 is 1.25 bits per heavy atom. The molecule has 1 heterocycles. The molecule has 0 atom stereocenters. The van der Waals surface area contributed by atoms with E-state index in [2.05, 4.69) is 4.90 Å². The van der Waals surface area contributed by atoms with Gasteiger partial charge in [0, 0.05) is 31.8 Å². The van der Waals surface area contributed by atoms with Crippen molar-refractivity contribution in [2.45, 2.75) is 31.8 Å². The van der Waals surface area contributed by atoms with Gasteiger partial charge < -0.3 is 15.1 Å². The number of aliphatic hydroxyl groups is 2. The van der Waals surface area contributed by atoms with E-state index < -0.39 is 5.60 Å². The smallest absolute Gasteiger partial charge is 0.159 e. The van der Waals surface area contributed by atoms with Crippen molar-refractivity contribution >= 4 is 5.78 Å². The molecule has 0 saturated carbocycles. The Labute approximate surface area is 120 Å². The summed E-state index contributed by atoms with van der Waals surface area (Å²) in [7, 11) is 0. The Morgan fingerprint density at radius 2 is 1.85 bits per heavy atom. The van der Waals surface area contributed by atoms with Crippen LogP contribution in [0.3, 0.4) is 0 Å². The molecule has 4 nitrogen and oxygen atoms in total. The first-order chi connectivity index (χ1) is 9.55. The van der Waals surface area contributed by atoms with Crippen LogP contribution in [0.15, 0.2) is 24.3 Å². The minimum absolute atomic E-state index is 0.0439. The van der Waals surface area contributed by atoms with E-state index in [4.69, 9.17) is 5.11 Å². The summed E-state index contributed by atoms with van der Waals surface area (Å²) in [6, 6.07) is 7.29. The first kappa shape index (κ1) is 15.2. The fourth-order valence-corrected chi connectivity index (χ4v) is 2.74. The third-order valence-electron chi connectivity index (χ3n) is 4.14. The Morgan fingerprint density at radius 3 is 2.35 bits per heavy atom. The fourth-order valence-electron chi connectivity index (χ4n) is 2.74. The van der Waals surface area contributed by atoms with E-state index in [1.165, 1.54) is 0 Å². The van der Waals surface area contributed by atoms with Crippen molar-refractivity contribution in [1.29, 1.82) is 0 Å². The number of rotatable bonds is 5. The highest BCUT2D eigenvalue weighted by molar-refractivity contribution is 5.94. The third-order valence-corrected chi connectivity index (χ3v) is 4.14. The van der Waals surface area contributed by atoms with Crippen LogP contribution in [0.2, 0.25) is 0 Å². The maximum absolute atomic E-state index is 11.3. The van der Waals surface area contributed by atoms with Gasteiger partial charge in [0.2, 0.25) is 0 Å². The van der Waals surface area contributed by atoms with Crippen molar-refractivity contribution in [2.75, 3.05) is 26.2 Å². The summed E-state index contributed by atoms with van der Waals surface area (Å²) in [5.41, 5.74) is 0.785. The minimum Gasteiger partial charge on any atom is -0.396 e. The number of likely N-dealkylation sites (tertiary alicyclic amines) is 1. The fraction of sp³-hybridized carbons (Fsp3) is 0.562. The highest BCUT2D eigenvalue weighted by atomic mass is 16.3. The van der Waals surface area contributed by atoms with Gasteiger partial charge in [0.05, 0.1) is 5.60 Å². The van der Waals surface area contributed by atoms with E-state index in [0.717, 1.165) is 31.6 Å². The second kappa shape index (κ2) is 6.48. The molecule has 0 unspecified atom stereocenters. The molecule has 110 valence electrons. The van der Waals surface area contributed by atoms with Crippen LogP contribution in [0.25, 0.3) is 0 Å². The number of Topliss-reactive ketones (excluding diaryl/α,β-unsaturated/α-hetero) is 1. The zero-order chi connectivity index (χ0) is 14.6. The molecule has 0 radical (unpaired) electrons. The molecule has 4 heteroatoms. The van der Waals surface area contributed by atoms with Gasteiger partial charge in [0.15, 0.2) is 5.78 Å². The number of hydrogen-bond acceptors (Lipinski definition) is 4. The molecular formula is C16H23NO3. The molecule has 1 aromatic rings. The van der Waals surface area contributed by atoms with Crippen molar-refractivity contribution in [1.82, 2.24) is 4.90 Å². The molecule has 0 bridgehead atoms. The quantitative estimate of drug-likeness (QED) is 0.802. The first-order valence-corrected chi connectivity index (χ1v) is 7.22. The molecule has 0 spiro atoms. The van der Waals surface area contributed by atoms with E-state index >= 15 is 0 Å². The van der Waals surface area contributed by atoms with Gasteiger partial charge in [-0.15, -0.1) is 0 Å². The number of benzene rings is 1. The second-order valence-corrected chi connectivity index (χ2v) is 5.58. The second-order valence-electron chi connectivity index (χ2n) is 5.58. The molecule has 2 N–H and O–H groups in total. The predicted molar refractivity (Wildman–Crippen MR) is 77.7 cm³/mol. The van der Waals surface area contributed by atoms with Gasteiger partial charge in [-0.2, -0.15) is 0 Å². The number of ketones is 1. The zero-order valence-electron chi connectivity index (χ0n) is 12.0. The third kappa shape index (κ3) is 3.45. The molecule has 20 heavy (non-hydrogen) atoms. The van der Waals surface area contributed by atoms with Gasteiger partial charge in [-0.25, -0.2) is 0 Å². The predicted octanol–water partition coefficient (Wildman–Crippen LogP) is 1.56. The summed E-state index contributed by atoms with van der Waals surface area (Å²) in [5, 5.41) is 19.6. The van der Waals surface area contributed by atoms with Crippen molar-refractivity contribution in [2.24, 2.45) is 0 Å². The van der Waals surface area contributed by atoms with Crippen molar-refractivity contribution in [3.05, 3.63) is 35.4 Å². The Bertz CT molecular complexity index is 447. The summed E-state index contributed by atoms with van der Waals surface area (Å²) >= 11 is 0. The van der Waals surface area contributed by atoms with Crippen LogP contribution in [-0.4, -0.2) is 47.1 Å². The lowest BCUT2D eigenvalue weighted by Crippen LogP contribution is -2.43. The maximum atomic E-state index is 11.3. The molecule has 0 aliphatic carbocycles. The van der Waals surface area contributed by atoms with E-state index in [9.17, 15) is 9.90 Å². The zero-order valence-corrected chi connectivity index (χ0v) is 12.0. The summed E-state index contributed by atoms with van der Waals surface area (Å²) < 4.78 is 0. The maximum Gasteiger partial charge on any atom is 0.159 e. The summed E-state index contributed by atoms with van der Waals surface area (Å²) in [5.74, 6) is 0.0439. The Hall–Kier alpha value is -1.23. The van der Waals surface area contributed by atoms with Gasteiger partial charge in [0.1, 0.15) is 0 Å². The van der Waals surface area contributed by atoms with E-state index in [1.54, 1.807) is 19.1 Å². The number of nitrogens with zero attached hydrogens (tertiary/aromatic N) is 1. The lowest BCUT2D eigenvalue weighted by Gasteiger charge is -2.38. The number of carbonyl (C=O) groups is 1. The van der Waals surface area contributed by atoms with Crippen molar-refractivity contribution < 1.29 is 15.0 Å². The molecule has 1 aliphatic heterocycles. The molecule has 0 aromatic heterocycles. The summed E-state index contributed by atoms with van der Waals surface area (Å²) in [6.07, 6.45) is 2.17. The van der Waals surface area contributed by atoms with Gasteiger partial charge >= 0.3 is 0 Å². The molecule has 0 amide bonds. The van der Waals surface area contributed by atoms with Crippen LogP contribution in [0, 0.1) is 0 Å². The van der Waals surface area contributed by atoms with Crippen LogP contribution >= 0.6 is 0 Å².